The van der Waals surface area contributed by atoms with Gasteiger partial charge in [0.05, 0.1) is 13.2 Å². The number of rotatable bonds is 0. The van der Waals surface area contributed by atoms with Crippen molar-refractivity contribution in [2.24, 2.45) is 5.92 Å². The number of alkyl halides is 1. The summed E-state index contributed by atoms with van der Waals surface area (Å²) >= 11 is 2.44. The Morgan fingerprint density at radius 3 is 3.00 bits per heavy atom. The molecule has 0 N–H and O–H groups in total. The summed E-state index contributed by atoms with van der Waals surface area (Å²) in [5.74, 6) is 0.686. The van der Waals surface area contributed by atoms with E-state index in [0.29, 0.717) is 9.84 Å². The molecule has 0 unspecified atom stereocenters. The van der Waals surface area contributed by atoms with Crippen LogP contribution in [0.1, 0.15) is 6.42 Å². The van der Waals surface area contributed by atoms with Gasteiger partial charge in [-0.3, -0.25) is 0 Å². The summed E-state index contributed by atoms with van der Waals surface area (Å²) in [5.41, 5.74) is 0. The molecule has 0 aromatic heterocycles. The molecule has 3 atom stereocenters. The molecule has 2 heterocycles. The van der Waals surface area contributed by atoms with Crippen LogP contribution in [0.25, 0.3) is 0 Å². The zero-order valence-electron chi connectivity index (χ0n) is 5.05. The summed E-state index contributed by atoms with van der Waals surface area (Å²) in [7, 11) is 0. The average molecular weight is 240 g/mol. The Bertz CT molecular complexity index is 118. The molecule has 0 aliphatic carbocycles. The first-order chi connectivity index (χ1) is 4.38. The summed E-state index contributed by atoms with van der Waals surface area (Å²) < 4.78 is 11.4. The highest BCUT2D eigenvalue weighted by atomic mass is 127. The van der Waals surface area contributed by atoms with Crippen LogP contribution < -0.4 is 0 Å². The van der Waals surface area contributed by atoms with Crippen LogP contribution in [0.4, 0.5) is 0 Å². The van der Waals surface area contributed by atoms with Gasteiger partial charge in [0.2, 0.25) is 0 Å². The second-order valence-electron chi connectivity index (χ2n) is 2.54. The maximum absolute atomic E-state index is 5.36. The van der Waals surface area contributed by atoms with Gasteiger partial charge in [-0.15, -0.1) is 0 Å². The van der Waals surface area contributed by atoms with Crippen molar-refractivity contribution in [3.63, 3.8) is 0 Å². The molecule has 0 bridgehead atoms. The Balaban J connectivity index is 2.07. The molecule has 2 fully saturated rings. The molecular weight excluding hydrogens is 231 g/mol. The van der Waals surface area contributed by atoms with E-state index in [0.717, 1.165) is 13.2 Å². The third kappa shape index (κ3) is 0.991. The molecule has 3 heteroatoms. The third-order valence-electron chi connectivity index (χ3n) is 1.97. The third-order valence-corrected chi connectivity index (χ3v) is 3.25. The van der Waals surface area contributed by atoms with Gasteiger partial charge >= 0.3 is 0 Å². The Morgan fingerprint density at radius 1 is 1.33 bits per heavy atom. The smallest absolute Gasteiger partial charge is 0.161 e. The Kier molecular flexibility index (Phi) is 1.67. The van der Waals surface area contributed by atoms with E-state index in [2.05, 4.69) is 22.6 Å². The molecule has 0 saturated carbocycles. The normalized spacial score (nSPS) is 49.7. The average Bonchev–Trinajstić information content (AvgIpc) is 2.35. The lowest BCUT2D eigenvalue weighted by Gasteiger charge is -2.06. The first kappa shape index (κ1) is 6.37. The van der Waals surface area contributed by atoms with E-state index < -0.39 is 0 Å². The maximum atomic E-state index is 5.36. The molecule has 2 nitrogen and oxygen atoms in total. The number of hydrogen-bond acceptors (Lipinski definition) is 2. The number of ether oxygens (including phenoxy) is 2. The van der Waals surface area contributed by atoms with Crippen LogP contribution in [0.2, 0.25) is 0 Å². The SMILES string of the molecule is I[C@@H]1CO[C@@H]2OCC[C@@H]21. The minimum atomic E-state index is 0.145. The second kappa shape index (κ2) is 2.36. The van der Waals surface area contributed by atoms with E-state index in [-0.39, 0.29) is 6.29 Å². The van der Waals surface area contributed by atoms with Gasteiger partial charge in [-0.05, 0) is 6.42 Å². The Morgan fingerprint density at radius 2 is 2.22 bits per heavy atom. The van der Waals surface area contributed by atoms with Gasteiger partial charge in [0.1, 0.15) is 0 Å². The van der Waals surface area contributed by atoms with Crippen LogP contribution in [0.5, 0.6) is 0 Å². The topological polar surface area (TPSA) is 18.5 Å². The fourth-order valence-electron chi connectivity index (χ4n) is 1.41. The van der Waals surface area contributed by atoms with Crippen molar-refractivity contribution in [1.29, 1.82) is 0 Å². The quantitative estimate of drug-likeness (QED) is 0.467. The standard InChI is InChI=1S/C6H9IO2/c7-5-3-9-6-4(5)1-2-8-6/h4-6H,1-3H2/t4-,5-,6+/m1/s1. The number of halogens is 1. The Labute approximate surface area is 68.0 Å². The van der Waals surface area contributed by atoms with E-state index in [1.165, 1.54) is 6.42 Å². The molecule has 9 heavy (non-hydrogen) atoms. The largest absolute Gasteiger partial charge is 0.352 e. The van der Waals surface area contributed by atoms with E-state index >= 15 is 0 Å². The maximum Gasteiger partial charge on any atom is 0.161 e. The molecule has 0 amide bonds. The zero-order valence-corrected chi connectivity index (χ0v) is 7.21. The molecular formula is C6H9IO2. The molecule has 0 aromatic rings. The van der Waals surface area contributed by atoms with Crippen molar-refractivity contribution in [2.45, 2.75) is 16.6 Å². The van der Waals surface area contributed by atoms with Gasteiger partial charge in [-0.25, -0.2) is 0 Å². The van der Waals surface area contributed by atoms with E-state index in [4.69, 9.17) is 9.47 Å². The first-order valence-corrected chi connectivity index (χ1v) is 4.50. The van der Waals surface area contributed by atoms with Crippen LogP contribution in [0, 0.1) is 5.92 Å². The lowest BCUT2D eigenvalue weighted by molar-refractivity contribution is -0.0904. The number of hydrogen-bond donors (Lipinski definition) is 0. The predicted octanol–water partition coefficient (Wildman–Crippen LogP) is 1.18. The van der Waals surface area contributed by atoms with E-state index in [1.807, 2.05) is 0 Å². The van der Waals surface area contributed by atoms with Crippen LogP contribution in [0.3, 0.4) is 0 Å². The van der Waals surface area contributed by atoms with Gasteiger partial charge in [-0.2, -0.15) is 0 Å². The van der Waals surface area contributed by atoms with Crippen LogP contribution in [0.15, 0.2) is 0 Å². The summed E-state index contributed by atoms with van der Waals surface area (Å²) in [6.45, 7) is 1.78. The van der Waals surface area contributed by atoms with E-state index in [1.54, 1.807) is 0 Å². The number of fused-ring (bicyclic) bond motifs is 1. The van der Waals surface area contributed by atoms with Gasteiger partial charge in [0.15, 0.2) is 6.29 Å². The van der Waals surface area contributed by atoms with Gasteiger partial charge in [-0.1, -0.05) is 22.6 Å². The van der Waals surface area contributed by atoms with Gasteiger partial charge in [0.25, 0.3) is 0 Å². The van der Waals surface area contributed by atoms with Crippen LogP contribution in [-0.4, -0.2) is 23.4 Å². The highest BCUT2D eigenvalue weighted by Gasteiger charge is 2.39. The molecule has 0 aromatic carbocycles. The molecule has 0 spiro atoms. The molecule has 2 aliphatic rings. The van der Waals surface area contributed by atoms with Crippen LogP contribution in [-0.2, 0) is 9.47 Å². The summed E-state index contributed by atoms with van der Waals surface area (Å²) in [6, 6.07) is 0. The monoisotopic (exact) mass is 240 g/mol. The van der Waals surface area contributed by atoms with Crippen molar-refractivity contribution in [3.05, 3.63) is 0 Å². The van der Waals surface area contributed by atoms with Gasteiger partial charge in [0, 0.05) is 9.84 Å². The summed E-state index contributed by atoms with van der Waals surface area (Å²) in [6.07, 6.45) is 1.34. The van der Waals surface area contributed by atoms with Crippen molar-refractivity contribution >= 4 is 22.6 Å². The highest BCUT2D eigenvalue weighted by molar-refractivity contribution is 14.1. The molecule has 2 saturated heterocycles. The summed E-state index contributed by atoms with van der Waals surface area (Å²) in [5, 5.41) is 0. The zero-order chi connectivity index (χ0) is 6.27. The van der Waals surface area contributed by atoms with Crippen molar-refractivity contribution in [1.82, 2.24) is 0 Å². The lowest BCUT2D eigenvalue weighted by atomic mass is 10.1. The van der Waals surface area contributed by atoms with Gasteiger partial charge < -0.3 is 9.47 Å². The molecule has 52 valence electrons. The predicted molar refractivity (Wildman–Crippen MR) is 41.6 cm³/mol. The summed E-state index contributed by atoms with van der Waals surface area (Å²) in [4.78, 5) is 0. The molecule has 2 aliphatic heterocycles. The molecule has 0 radical (unpaired) electrons. The second-order valence-corrected chi connectivity index (χ2v) is 4.14. The van der Waals surface area contributed by atoms with Crippen molar-refractivity contribution < 1.29 is 9.47 Å². The van der Waals surface area contributed by atoms with E-state index in [9.17, 15) is 0 Å². The minimum absolute atomic E-state index is 0.145. The Hall–Kier alpha value is 0.650. The van der Waals surface area contributed by atoms with Crippen molar-refractivity contribution in [3.8, 4) is 0 Å². The molecule has 2 rings (SSSR count). The fourth-order valence-corrected chi connectivity index (χ4v) is 2.32. The first-order valence-electron chi connectivity index (χ1n) is 3.25. The van der Waals surface area contributed by atoms with Crippen LogP contribution >= 0.6 is 22.6 Å². The van der Waals surface area contributed by atoms with Crippen molar-refractivity contribution in [2.75, 3.05) is 13.2 Å². The highest BCUT2D eigenvalue weighted by Crippen LogP contribution is 2.35. The minimum Gasteiger partial charge on any atom is -0.352 e. The fraction of sp³-hybridized carbons (Fsp3) is 1.00. The lowest BCUT2D eigenvalue weighted by Crippen LogP contribution is -2.13.